The molecule has 0 bridgehead atoms. The summed E-state index contributed by atoms with van der Waals surface area (Å²) < 4.78 is 7.05. The van der Waals surface area contributed by atoms with Crippen molar-refractivity contribution >= 4 is 5.69 Å². The molecule has 0 aliphatic carbocycles. The van der Waals surface area contributed by atoms with Crippen LogP contribution in [0.1, 0.15) is 0 Å². The third kappa shape index (κ3) is 2.68. The molecule has 0 aliphatic heterocycles. The van der Waals surface area contributed by atoms with E-state index >= 15 is 0 Å². The van der Waals surface area contributed by atoms with Gasteiger partial charge in [-0.1, -0.05) is 11.3 Å². The fraction of sp³-hybridized carbons (Fsp3) is 0. The minimum atomic E-state index is -0.538. The summed E-state index contributed by atoms with van der Waals surface area (Å²) in [4.78, 5) is 14.3. The highest BCUT2D eigenvalue weighted by molar-refractivity contribution is 5.45. The van der Waals surface area contributed by atoms with Crippen LogP contribution in [-0.2, 0) is 0 Å². The van der Waals surface area contributed by atoms with Crippen molar-refractivity contribution in [3.05, 3.63) is 65.1 Å². The molecule has 2 heterocycles. The lowest BCUT2D eigenvalue weighted by molar-refractivity contribution is -0.386. The summed E-state index contributed by atoms with van der Waals surface area (Å²) in [7, 11) is 0. The molecule has 1 aromatic carbocycles. The number of pyridine rings is 1. The van der Waals surface area contributed by atoms with Crippen molar-refractivity contribution < 1.29 is 9.66 Å². The second-order valence-electron chi connectivity index (χ2n) is 4.03. The van der Waals surface area contributed by atoms with E-state index in [1.165, 1.54) is 18.3 Å². The summed E-state index contributed by atoms with van der Waals surface area (Å²) in [5.41, 5.74) is 0.534. The summed E-state index contributed by atoms with van der Waals surface area (Å²) in [6.07, 6.45) is 4.67. The highest BCUT2D eigenvalue weighted by Crippen LogP contribution is 2.29. The third-order valence-corrected chi connectivity index (χ3v) is 2.67. The Labute approximate surface area is 118 Å². The molecule has 2 aromatic heterocycles. The van der Waals surface area contributed by atoms with E-state index in [9.17, 15) is 10.1 Å². The Hall–Kier alpha value is -3.29. The first-order valence-corrected chi connectivity index (χ1v) is 5.98. The Kier molecular flexibility index (Phi) is 3.26. The molecule has 104 valence electrons. The Bertz CT molecular complexity index is 773. The number of aromatic nitrogens is 4. The van der Waals surface area contributed by atoms with Crippen molar-refractivity contribution in [2.45, 2.75) is 0 Å². The van der Waals surface area contributed by atoms with E-state index in [0.29, 0.717) is 5.75 Å². The molecule has 8 nitrogen and oxygen atoms in total. The molecule has 0 spiro atoms. The molecule has 3 aromatic rings. The van der Waals surface area contributed by atoms with Crippen LogP contribution in [0.2, 0.25) is 0 Å². The average molecular weight is 283 g/mol. The molecule has 0 N–H and O–H groups in total. The van der Waals surface area contributed by atoms with Crippen molar-refractivity contribution in [1.82, 2.24) is 20.0 Å². The van der Waals surface area contributed by atoms with E-state index < -0.39 is 4.92 Å². The Morgan fingerprint density at radius 1 is 1.19 bits per heavy atom. The summed E-state index contributed by atoms with van der Waals surface area (Å²) in [5.74, 6) is 0.364. The van der Waals surface area contributed by atoms with Gasteiger partial charge in [0.25, 0.3) is 5.88 Å². The summed E-state index contributed by atoms with van der Waals surface area (Å²) in [6, 6.07) is 9.75. The fourth-order valence-corrected chi connectivity index (χ4v) is 1.75. The number of hydrogen-bond acceptors (Lipinski definition) is 6. The molecule has 0 atom stereocenters. The van der Waals surface area contributed by atoms with Crippen LogP contribution in [0.25, 0.3) is 5.69 Å². The van der Waals surface area contributed by atoms with Crippen LogP contribution in [0.3, 0.4) is 0 Å². The van der Waals surface area contributed by atoms with Crippen LogP contribution < -0.4 is 4.74 Å². The van der Waals surface area contributed by atoms with Gasteiger partial charge in [0.15, 0.2) is 0 Å². The average Bonchev–Trinajstić information content (AvgIpc) is 3.02. The van der Waals surface area contributed by atoms with Crippen molar-refractivity contribution in [3.8, 4) is 17.3 Å². The normalized spacial score (nSPS) is 10.3. The largest absolute Gasteiger partial charge is 0.434 e. The van der Waals surface area contributed by atoms with Crippen molar-refractivity contribution in [2.24, 2.45) is 0 Å². The van der Waals surface area contributed by atoms with Crippen LogP contribution in [-0.4, -0.2) is 24.9 Å². The Morgan fingerprint density at radius 2 is 2.10 bits per heavy atom. The minimum absolute atomic E-state index is 0.0572. The minimum Gasteiger partial charge on any atom is -0.434 e. The van der Waals surface area contributed by atoms with Gasteiger partial charge in [0, 0.05) is 18.3 Å². The van der Waals surface area contributed by atoms with Gasteiger partial charge < -0.3 is 4.74 Å². The van der Waals surface area contributed by atoms with Gasteiger partial charge in [-0.15, -0.1) is 5.10 Å². The van der Waals surface area contributed by atoms with Crippen LogP contribution >= 0.6 is 0 Å². The lowest BCUT2D eigenvalue weighted by atomic mass is 10.3. The maximum atomic E-state index is 10.9. The third-order valence-electron chi connectivity index (χ3n) is 2.67. The van der Waals surface area contributed by atoms with Gasteiger partial charge >= 0.3 is 5.69 Å². The zero-order valence-electron chi connectivity index (χ0n) is 10.7. The highest BCUT2D eigenvalue weighted by atomic mass is 16.6. The van der Waals surface area contributed by atoms with E-state index in [0.717, 1.165) is 5.69 Å². The predicted molar refractivity (Wildman–Crippen MR) is 72.3 cm³/mol. The van der Waals surface area contributed by atoms with Gasteiger partial charge in [-0.3, -0.25) is 10.1 Å². The Balaban J connectivity index is 1.93. The molecule has 0 radical (unpaired) electrons. The Morgan fingerprint density at radius 3 is 2.86 bits per heavy atom. The monoisotopic (exact) mass is 283 g/mol. The standard InChI is InChI=1S/C13H9N5O3/c19-18(20)12-5-2-6-14-13(12)21-11-4-1-3-10(9-11)17-8-7-15-16-17/h1-9H. The predicted octanol–water partition coefficient (Wildman–Crippen LogP) is 2.36. The van der Waals surface area contributed by atoms with Crippen molar-refractivity contribution in [2.75, 3.05) is 0 Å². The van der Waals surface area contributed by atoms with Gasteiger partial charge in [0.05, 0.1) is 23.0 Å². The van der Waals surface area contributed by atoms with E-state index in [1.54, 1.807) is 35.3 Å². The fourth-order valence-electron chi connectivity index (χ4n) is 1.75. The van der Waals surface area contributed by atoms with Gasteiger partial charge in [-0.25, -0.2) is 9.67 Å². The number of ether oxygens (including phenoxy) is 1. The van der Waals surface area contributed by atoms with E-state index in [-0.39, 0.29) is 11.6 Å². The molecule has 0 aliphatic rings. The van der Waals surface area contributed by atoms with Crippen molar-refractivity contribution in [3.63, 3.8) is 0 Å². The van der Waals surface area contributed by atoms with Gasteiger partial charge in [0.2, 0.25) is 0 Å². The van der Waals surface area contributed by atoms with Gasteiger partial charge in [-0.05, 0) is 18.2 Å². The van der Waals surface area contributed by atoms with Crippen LogP contribution in [0.4, 0.5) is 5.69 Å². The first-order chi connectivity index (χ1) is 10.2. The van der Waals surface area contributed by atoms with Crippen LogP contribution in [0.5, 0.6) is 11.6 Å². The zero-order chi connectivity index (χ0) is 14.7. The van der Waals surface area contributed by atoms with E-state index in [1.807, 2.05) is 6.07 Å². The number of hydrogen-bond donors (Lipinski definition) is 0. The number of nitro groups is 1. The molecule has 0 fully saturated rings. The molecule has 0 unspecified atom stereocenters. The molecular weight excluding hydrogens is 274 g/mol. The van der Waals surface area contributed by atoms with Crippen molar-refractivity contribution in [1.29, 1.82) is 0 Å². The summed E-state index contributed by atoms with van der Waals surface area (Å²) in [5, 5.41) is 18.5. The number of benzene rings is 1. The number of rotatable bonds is 4. The van der Waals surface area contributed by atoms with Crippen LogP contribution in [0, 0.1) is 10.1 Å². The first kappa shape index (κ1) is 12.7. The lowest BCUT2D eigenvalue weighted by Gasteiger charge is -2.06. The highest BCUT2D eigenvalue weighted by Gasteiger charge is 2.16. The van der Waals surface area contributed by atoms with Gasteiger partial charge in [0.1, 0.15) is 5.75 Å². The second kappa shape index (κ2) is 5.37. The summed E-state index contributed by atoms with van der Waals surface area (Å²) in [6.45, 7) is 0. The number of nitrogens with zero attached hydrogens (tertiary/aromatic N) is 5. The summed E-state index contributed by atoms with van der Waals surface area (Å²) >= 11 is 0. The maximum Gasteiger partial charge on any atom is 0.331 e. The lowest BCUT2D eigenvalue weighted by Crippen LogP contribution is -1.97. The smallest absolute Gasteiger partial charge is 0.331 e. The quantitative estimate of drug-likeness (QED) is 0.538. The topological polar surface area (TPSA) is 96.0 Å². The van der Waals surface area contributed by atoms with E-state index in [2.05, 4.69) is 15.3 Å². The molecule has 0 saturated heterocycles. The second-order valence-corrected chi connectivity index (χ2v) is 4.03. The first-order valence-electron chi connectivity index (χ1n) is 5.98. The van der Waals surface area contributed by atoms with Gasteiger partial charge in [-0.2, -0.15) is 0 Å². The molecule has 8 heteroatoms. The molecule has 3 rings (SSSR count). The SMILES string of the molecule is O=[N+]([O-])c1cccnc1Oc1cccc(-n2ccnn2)c1. The molecule has 0 saturated carbocycles. The van der Waals surface area contributed by atoms with E-state index in [4.69, 9.17) is 4.74 Å². The maximum absolute atomic E-state index is 10.9. The zero-order valence-corrected chi connectivity index (χ0v) is 10.7. The molecular formula is C13H9N5O3. The molecule has 21 heavy (non-hydrogen) atoms. The van der Waals surface area contributed by atoms with Crippen LogP contribution in [0.15, 0.2) is 55.0 Å². The molecule has 0 amide bonds.